The Balaban J connectivity index is 1.36. The van der Waals surface area contributed by atoms with Crippen LogP contribution in [0, 0.1) is 6.92 Å². The number of hydrogen-bond acceptors (Lipinski definition) is 6. The molecular weight excluding hydrogens is 513 g/mol. The van der Waals surface area contributed by atoms with E-state index >= 15 is 0 Å². The van der Waals surface area contributed by atoms with E-state index in [1.807, 2.05) is 31.2 Å². The Labute approximate surface area is 222 Å². The summed E-state index contributed by atoms with van der Waals surface area (Å²) in [6.45, 7) is 2.51. The molecule has 0 saturated heterocycles. The molecule has 0 aliphatic carbocycles. The number of benzene rings is 2. The van der Waals surface area contributed by atoms with Crippen LogP contribution < -0.4 is 20.1 Å². The summed E-state index contributed by atoms with van der Waals surface area (Å²) in [5.41, 5.74) is 2.61. The molecule has 2 unspecified atom stereocenters. The van der Waals surface area contributed by atoms with Crippen molar-refractivity contribution in [2.45, 2.75) is 38.1 Å². The van der Waals surface area contributed by atoms with Crippen molar-refractivity contribution in [1.29, 1.82) is 0 Å². The second-order valence-electron chi connectivity index (χ2n) is 9.24. The number of halogens is 3. The fourth-order valence-electron chi connectivity index (χ4n) is 4.63. The lowest BCUT2D eigenvalue weighted by Gasteiger charge is -2.33. The first-order valence-corrected chi connectivity index (χ1v) is 12.2. The molecule has 1 aliphatic rings. The molecule has 204 valence electrons. The maximum atomic E-state index is 14.1. The van der Waals surface area contributed by atoms with Crippen molar-refractivity contribution in [2.75, 3.05) is 24.9 Å². The van der Waals surface area contributed by atoms with E-state index in [0.717, 1.165) is 15.8 Å². The zero-order chi connectivity index (χ0) is 27.7. The van der Waals surface area contributed by atoms with Gasteiger partial charge in [-0.25, -0.2) is 4.68 Å². The van der Waals surface area contributed by atoms with Crippen LogP contribution in [0.1, 0.15) is 45.7 Å². The van der Waals surface area contributed by atoms with Gasteiger partial charge in [0, 0.05) is 24.8 Å². The highest BCUT2D eigenvalue weighted by atomic mass is 19.4. The number of fused-ring (bicyclic) bond motifs is 1. The van der Waals surface area contributed by atoms with Gasteiger partial charge in [0.15, 0.2) is 29.1 Å². The number of alkyl halides is 3. The molecule has 0 radical (unpaired) electrons. The van der Waals surface area contributed by atoms with Gasteiger partial charge in [0.1, 0.15) is 5.82 Å². The number of aryl methyl sites for hydroxylation is 1. The lowest BCUT2D eigenvalue weighted by atomic mass is 9.96. The lowest BCUT2D eigenvalue weighted by Crippen LogP contribution is -2.35. The molecule has 2 atom stereocenters. The van der Waals surface area contributed by atoms with Crippen molar-refractivity contribution in [3.63, 3.8) is 0 Å². The molecule has 0 fully saturated rings. The number of ether oxygens (including phenoxy) is 2. The molecule has 12 heteroatoms. The predicted octanol–water partition coefficient (Wildman–Crippen LogP) is 5.37. The third kappa shape index (κ3) is 5.40. The van der Waals surface area contributed by atoms with Crippen LogP contribution in [0.5, 0.6) is 11.5 Å². The summed E-state index contributed by atoms with van der Waals surface area (Å²) in [6.07, 6.45) is -3.19. The normalized spacial score (nSPS) is 16.8. The van der Waals surface area contributed by atoms with Crippen LogP contribution >= 0.6 is 0 Å². The third-order valence-corrected chi connectivity index (χ3v) is 6.71. The maximum absolute atomic E-state index is 14.1. The number of anilines is 2. The fourth-order valence-corrected chi connectivity index (χ4v) is 4.63. The van der Waals surface area contributed by atoms with E-state index in [4.69, 9.17) is 9.47 Å². The monoisotopic (exact) mass is 540 g/mol. The van der Waals surface area contributed by atoms with Gasteiger partial charge >= 0.3 is 6.18 Å². The number of carbonyl (C=O) groups is 1. The van der Waals surface area contributed by atoms with Gasteiger partial charge in [-0.15, -0.1) is 0 Å². The summed E-state index contributed by atoms with van der Waals surface area (Å²) in [7, 11) is 2.94. The third-order valence-electron chi connectivity index (χ3n) is 6.71. The van der Waals surface area contributed by atoms with Crippen LogP contribution in [-0.2, 0) is 6.54 Å². The van der Waals surface area contributed by atoms with E-state index < -0.39 is 24.2 Å². The molecule has 2 aromatic heterocycles. The lowest BCUT2D eigenvalue weighted by molar-refractivity contribution is -0.173. The Kier molecular flexibility index (Phi) is 6.94. The van der Waals surface area contributed by atoms with E-state index in [9.17, 15) is 18.0 Å². The van der Waals surface area contributed by atoms with Gasteiger partial charge in [-0.3, -0.25) is 9.48 Å². The van der Waals surface area contributed by atoms with E-state index in [1.165, 1.54) is 20.3 Å². The van der Waals surface area contributed by atoms with Crippen molar-refractivity contribution in [2.24, 2.45) is 0 Å². The van der Waals surface area contributed by atoms with Crippen LogP contribution in [-0.4, -0.2) is 45.9 Å². The molecule has 39 heavy (non-hydrogen) atoms. The summed E-state index contributed by atoms with van der Waals surface area (Å²) in [5.74, 6) is 0.557. The van der Waals surface area contributed by atoms with Crippen LogP contribution in [0.3, 0.4) is 0 Å². The van der Waals surface area contributed by atoms with Crippen molar-refractivity contribution in [3.8, 4) is 11.5 Å². The molecule has 0 saturated carbocycles. The molecule has 1 amide bonds. The highest BCUT2D eigenvalue weighted by Crippen LogP contribution is 2.44. The molecule has 9 nitrogen and oxygen atoms in total. The van der Waals surface area contributed by atoms with Crippen molar-refractivity contribution in [1.82, 2.24) is 19.6 Å². The topological polar surface area (TPSA) is 95.2 Å². The second-order valence-corrected chi connectivity index (χ2v) is 9.24. The number of nitrogens with one attached hydrogen (secondary N) is 2. The van der Waals surface area contributed by atoms with Crippen LogP contribution in [0.2, 0.25) is 0 Å². The molecule has 1 aliphatic heterocycles. The van der Waals surface area contributed by atoms with E-state index in [1.54, 1.807) is 35.1 Å². The zero-order valence-corrected chi connectivity index (χ0v) is 21.5. The molecule has 4 aromatic rings. The first-order chi connectivity index (χ1) is 18.7. The van der Waals surface area contributed by atoms with E-state index in [2.05, 4.69) is 20.8 Å². The Hall–Kier alpha value is -4.48. The van der Waals surface area contributed by atoms with Crippen molar-refractivity contribution in [3.05, 3.63) is 83.2 Å². The molecule has 2 aromatic carbocycles. The second kappa shape index (κ2) is 10.4. The van der Waals surface area contributed by atoms with Crippen LogP contribution in [0.15, 0.2) is 60.8 Å². The Morgan fingerprint density at radius 2 is 1.85 bits per heavy atom. The maximum Gasteiger partial charge on any atom is 0.410 e. The Morgan fingerprint density at radius 1 is 1.08 bits per heavy atom. The standard InChI is InChI=1S/C27H27F3N6O3/c1-16-6-4-5-7-18(16)15-35-11-10-24(34-35)32-26(37)20-14-25-31-19(13-23(27(28,29)30)36(25)33-20)17-8-9-21(38-2)22(12-17)39-3/h4-12,14,19,23,31H,13,15H2,1-3H3,(H,32,34,37). The number of aromatic nitrogens is 4. The van der Waals surface area contributed by atoms with Gasteiger partial charge in [-0.1, -0.05) is 30.3 Å². The SMILES string of the molecule is COc1ccc(C2CC(C(F)(F)F)n3nc(C(=O)Nc4ccn(Cc5ccccc5C)n4)cc3N2)cc1OC. The van der Waals surface area contributed by atoms with Gasteiger partial charge < -0.3 is 20.1 Å². The minimum atomic E-state index is -4.58. The molecule has 0 bridgehead atoms. The molecule has 2 N–H and O–H groups in total. The quantitative estimate of drug-likeness (QED) is 0.328. The molecular formula is C27H27F3N6O3. The molecule has 5 rings (SSSR count). The van der Waals surface area contributed by atoms with Gasteiger partial charge in [0.05, 0.1) is 26.8 Å². The largest absolute Gasteiger partial charge is 0.493 e. The number of amides is 1. The highest BCUT2D eigenvalue weighted by Gasteiger charge is 2.47. The fraction of sp³-hybridized carbons (Fsp3) is 0.296. The average Bonchev–Trinajstić information content (AvgIpc) is 3.55. The number of methoxy groups -OCH3 is 2. The van der Waals surface area contributed by atoms with Crippen molar-refractivity contribution < 1.29 is 27.4 Å². The summed E-state index contributed by atoms with van der Waals surface area (Å²) in [6, 6.07) is 13.1. The van der Waals surface area contributed by atoms with Crippen LogP contribution in [0.25, 0.3) is 0 Å². The van der Waals surface area contributed by atoms with Gasteiger partial charge in [0.25, 0.3) is 5.91 Å². The summed E-state index contributed by atoms with van der Waals surface area (Å²) in [4.78, 5) is 12.9. The van der Waals surface area contributed by atoms with Gasteiger partial charge in [-0.2, -0.15) is 23.4 Å². The smallest absolute Gasteiger partial charge is 0.410 e. The number of nitrogens with zero attached hydrogens (tertiary/aromatic N) is 4. The first kappa shape index (κ1) is 26.1. The summed E-state index contributed by atoms with van der Waals surface area (Å²) >= 11 is 0. The van der Waals surface area contributed by atoms with Crippen LogP contribution in [0.4, 0.5) is 24.8 Å². The molecule has 0 spiro atoms. The number of hydrogen-bond donors (Lipinski definition) is 2. The van der Waals surface area contributed by atoms with E-state index in [0.29, 0.717) is 23.6 Å². The van der Waals surface area contributed by atoms with Gasteiger partial charge in [0.2, 0.25) is 0 Å². The predicted molar refractivity (Wildman–Crippen MR) is 138 cm³/mol. The average molecular weight is 541 g/mol. The Bertz CT molecular complexity index is 1500. The number of carbonyl (C=O) groups excluding carboxylic acids is 1. The minimum Gasteiger partial charge on any atom is -0.493 e. The van der Waals surface area contributed by atoms with Gasteiger partial charge in [-0.05, 0) is 35.7 Å². The summed E-state index contributed by atoms with van der Waals surface area (Å²) < 4.78 is 55.3. The van der Waals surface area contributed by atoms with E-state index in [-0.39, 0.29) is 23.8 Å². The minimum absolute atomic E-state index is 0.0820. The Morgan fingerprint density at radius 3 is 2.56 bits per heavy atom. The summed E-state index contributed by atoms with van der Waals surface area (Å²) in [5, 5.41) is 14.1. The number of rotatable bonds is 7. The van der Waals surface area contributed by atoms with Crippen molar-refractivity contribution >= 4 is 17.5 Å². The highest BCUT2D eigenvalue weighted by molar-refractivity contribution is 6.02. The first-order valence-electron chi connectivity index (χ1n) is 12.2. The zero-order valence-electron chi connectivity index (χ0n) is 21.5. The molecule has 3 heterocycles.